The van der Waals surface area contributed by atoms with E-state index in [1.807, 2.05) is 6.08 Å². The molecule has 0 spiro atoms. The second kappa shape index (κ2) is 6.71. The fraction of sp³-hybridized carbons (Fsp3) is 0.538. The van der Waals surface area contributed by atoms with Crippen LogP contribution in [0.1, 0.15) is 47.0 Å². The lowest BCUT2D eigenvalue weighted by Crippen LogP contribution is -1.83. The summed E-state index contributed by atoms with van der Waals surface area (Å²) in [5.41, 5.74) is 4.41. The Morgan fingerprint density at radius 3 is 2.15 bits per heavy atom. The van der Waals surface area contributed by atoms with Gasteiger partial charge in [0.1, 0.15) is 0 Å². The molecule has 74 valence electrons. The second-order valence-corrected chi connectivity index (χ2v) is 3.87. The zero-order valence-electron chi connectivity index (χ0n) is 9.48. The van der Waals surface area contributed by atoms with Gasteiger partial charge in [-0.3, -0.25) is 0 Å². The van der Waals surface area contributed by atoms with Crippen LogP contribution in [0.5, 0.6) is 0 Å². The average molecular weight is 178 g/mol. The highest BCUT2D eigenvalue weighted by molar-refractivity contribution is 5.16. The van der Waals surface area contributed by atoms with Gasteiger partial charge in [0, 0.05) is 0 Å². The molecule has 0 heteroatoms. The van der Waals surface area contributed by atoms with Gasteiger partial charge in [-0.25, -0.2) is 0 Å². The van der Waals surface area contributed by atoms with Crippen molar-refractivity contribution in [2.45, 2.75) is 47.0 Å². The number of hydrogen-bond donors (Lipinski definition) is 0. The molecule has 0 radical (unpaired) electrons. The number of unbranched alkanes of at least 4 members (excludes halogenated alkanes) is 1. The quantitative estimate of drug-likeness (QED) is 0.425. The van der Waals surface area contributed by atoms with E-state index in [0.717, 1.165) is 19.3 Å². The third-order valence-electron chi connectivity index (χ3n) is 2.26. The molecule has 13 heavy (non-hydrogen) atoms. The van der Waals surface area contributed by atoms with E-state index in [4.69, 9.17) is 0 Å². The molecule has 0 aliphatic carbocycles. The standard InChI is InChI=1S/C13H22/c1-6-7-8-9-12(4)10-13(5)11(2)3/h6,9H,1,7-8,10H2,2-5H3/b12-9+. The molecule has 0 heterocycles. The zero-order valence-corrected chi connectivity index (χ0v) is 9.48. The molecule has 0 bridgehead atoms. The molecular formula is C13H22. The molecule has 0 nitrogen and oxygen atoms in total. The minimum absolute atomic E-state index is 1.09. The third-order valence-corrected chi connectivity index (χ3v) is 2.26. The summed E-state index contributed by atoms with van der Waals surface area (Å²) in [5.74, 6) is 0. The summed E-state index contributed by atoms with van der Waals surface area (Å²) in [4.78, 5) is 0. The lowest BCUT2D eigenvalue weighted by Gasteiger charge is -2.04. The van der Waals surface area contributed by atoms with E-state index in [9.17, 15) is 0 Å². The van der Waals surface area contributed by atoms with Crippen LogP contribution in [0.25, 0.3) is 0 Å². The van der Waals surface area contributed by atoms with Crippen molar-refractivity contribution >= 4 is 0 Å². The monoisotopic (exact) mass is 178 g/mol. The first-order valence-corrected chi connectivity index (χ1v) is 4.97. The van der Waals surface area contributed by atoms with Crippen LogP contribution >= 0.6 is 0 Å². The molecule has 0 saturated carbocycles. The molecule has 0 fully saturated rings. The summed E-state index contributed by atoms with van der Waals surface area (Å²) < 4.78 is 0. The number of hydrogen-bond acceptors (Lipinski definition) is 0. The van der Waals surface area contributed by atoms with Crippen molar-refractivity contribution in [1.82, 2.24) is 0 Å². The minimum atomic E-state index is 1.09. The van der Waals surface area contributed by atoms with Gasteiger partial charge in [-0.05, 0) is 47.0 Å². The summed E-state index contributed by atoms with van der Waals surface area (Å²) in [7, 11) is 0. The van der Waals surface area contributed by atoms with Gasteiger partial charge in [-0.15, -0.1) is 6.58 Å². The average Bonchev–Trinajstić information content (AvgIpc) is 2.04. The maximum Gasteiger partial charge on any atom is -0.0112 e. The van der Waals surface area contributed by atoms with Gasteiger partial charge in [0.15, 0.2) is 0 Å². The Bertz CT molecular complexity index is 212. The van der Waals surface area contributed by atoms with Gasteiger partial charge in [0.25, 0.3) is 0 Å². The molecule has 0 aliphatic rings. The fourth-order valence-corrected chi connectivity index (χ4v) is 1.11. The van der Waals surface area contributed by atoms with Crippen molar-refractivity contribution in [2.24, 2.45) is 0 Å². The lowest BCUT2D eigenvalue weighted by molar-refractivity contribution is 0.995. The van der Waals surface area contributed by atoms with Crippen molar-refractivity contribution in [3.63, 3.8) is 0 Å². The van der Waals surface area contributed by atoms with Crippen LogP contribution in [-0.4, -0.2) is 0 Å². The van der Waals surface area contributed by atoms with Crippen molar-refractivity contribution in [2.75, 3.05) is 0 Å². The first kappa shape index (κ1) is 12.2. The first-order valence-electron chi connectivity index (χ1n) is 4.97. The van der Waals surface area contributed by atoms with E-state index in [0.29, 0.717) is 0 Å². The molecular weight excluding hydrogens is 156 g/mol. The largest absolute Gasteiger partial charge is 0.103 e. The van der Waals surface area contributed by atoms with E-state index in [1.54, 1.807) is 0 Å². The minimum Gasteiger partial charge on any atom is -0.103 e. The van der Waals surface area contributed by atoms with Crippen LogP contribution in [0, 0.1) is 0 Å². The van der Waals surface area contributed by atoms with E-state index in [-0.39, 0.29) is 0 Å². The Morgan fingerprint density at radius 2 is 1.69 bits per heavy atom. The summed E-state index contributed by atoms with van der Waals surface area (Å²) in [6, 6.07) is 0. The van der Waals surface area contributed by atoms with E-state index in [1.165, 1.54) is 16.7 Å². The van der Waals surface area contributed by atoms with Gasteiger partial charge in [-0.2, -0.15) is 0 Å². The summed E-state index contributed by atoms with van der Waals surface area (Å²) in [6.07, 6.45) is 7.63. The van der Waals surface area contributed by atoms with Crippen LogP contribution in [0.15, 0.2) is 35.5 Å². The van der Waals surface area contributed by atoms with Gasteiger partial charge in [0.05, 0.1) is 0 Å². The summed E-state index contributed by atoms with van der Waals surface area (Å²) in [6.45, 7) is 12.5. The van der Waals surface area contributed by atoms with Crippen LogP contribution in [0.3, 0.4) is 0 Å². The molecule has 0 saturated heterocycles. The van der Waals surface area contributed by atoms with Gasteiger partial charge < -0.3 is 0 Å². The molecule has 0 aromatic rings. The Kier molecular flexibility index (Phi) is 6.30. The molecule has 0 amide bonds. The maximum absolute atomic E-state index is 3.71. The van der Waals surface area contributed by atoms with Crippen LogP contribution in [-0.2, 0) is 0 Å². The van der Waals surface area contributed by atoms with Gasteiger partial charge in [0.2, 0.25) is 0 Å². The normalized spacial score (nSPS) is 11.2. The van der Waals surface area contributed by atoms with E-state index >= 15 is 0 Å². The molecule has 0 aliphatic heterocycles. The highest BCUT2D eigenvalue weighted by Gasteiger charge is 1.93. The van der Waals surface area contributed by atoms with Crippen molar-refractivity contribution in [3.8, 4) is 0 Å². The Balaban J connectivity index is 3.99. The van der Waals surface area contributed by atoms with Crippen molar-refractivity contribution in [3.05, 3.63) is 35.5 Å². The Hall–Kier alpha value is -0.780. The van der Waals surface area contributed by atoms with Gasteiger partial charge >= 0.3 is 0 Å². The summed E-state index contributed by atoms with van der Waals surface area (Å²) >= 11 is 0. The van der Waals surface area contributed by atoms with E-state index < -0.39 is 0 Å². The van der Waals surface area contributed by atoms with Crippen LogP contribution in [0.4, 0.5) is 0 Å². The molecule has 0 aromatic carbocycles. The summed E-state index contributed by atoms with van der Waals surface area (Å²) in [5, 5.41) is 0. The molecule has 0 rings (SSSR count). The Labute approximate surface area is 83.0 Å². The topological polar surface area (TPSA) is 0 Å². The zero-order chi connectivity index (χ0) is 10.3. The highest BCUT2D eigenvalue weighted by Crippen LogP contribution is 2.14. The highest BCUT2D eigenvalue weighted by atomic mass is 14.0. The van der Waals surface area contributed by atoms with Crippen LogP contribution in [0.2, 0.25) is 0 Å². The van der Waals surface area contributed by atoms with Crippen molar-refractivity contribution < 1.29 is 0 Å². The molecule has 0 unspecified atom stereocenters. The lowest BCUT2D eigenvalue weighted by atomic mass is 10.0. The fourth-order valence-electron chi connectivity index (χ4n) is 1.11. The van der Waals surface area contributed by atoms with Crippen molar-refractivity contribution in [1.29, 1.82) is 0 Å². The first-order chi connectivity index (χ1) is 6.07. The number of allylic oxidation sites excluding steroid dienone is 5. The Morgan fingerprint density at radius 1 is 1.08 bits per heavy atom. The van der Waals surface area contributed by atoms with Gasteiger partial charge in [-0.1, -0.05) is 28.9 Å². The maximum atomic E-state index is 3.71. The third kappa shape index (κ3) is 6.39. The number of rotatable bonds is 5. The molecule has 0 atom stereocenters. The molecule has 0 aromatic heterocycles. The van der Waals surface area contributed by atoms with Crippen LogP contribution < -0.4 is 0 Å². The predicted octanol–water partition coefficient (Wildman–Crippen LogP) is 4.65. The molecule has 0 N–H and O–H groups in total. The smallest absolute Gasteiger partial charge is 0.0112 e. The predicted molar refractivity (Wildman–Crippen MR) is 61.9 cm³/mol. The SMILES string of the molecule is C=CCC/C=C(\C)CC(C)=C(C)C. The van der Waals surface area contributed by atoms with E-state index in [2.05, 4.69) is 40.3 Å². The second-order valence-electron chi connectivity index (χ2n) is 3.87.